The molecular weight excluding hydrogens is 206 g/mol. The maximum absolute atomic E-state index is 5.18. The van der Waals surface area contributed by atoms with Crippen molar-refractivity contribution in [1.82, 2.24) is 4.98 Å². The number of likely N-dealkylation sites (N-methyl/N-ethyl adjacent to an activating group) is 1. The number of fused-ring (bicyclic) bond motifs is 1. The van der Waals surface area contributed by atoms with Gasteiger partial charge in [-0.2, -0.15) is 0 Å². The number of hydrogen-bond acceptors (Lipinski definition) is 5. The summed E-state index contributed by atoms with van der Waals surface area (Å²) in [6, 6.07) is 3.97. The first-order valence-corrected chi connectivity index (χ1v) is 5.28. The fourth-order valence-corrected chi connectivity index (χ4v) is 1.84. The van der Waals surface area contributed by atoms with Gasteiger partial charge in [-0.05, 0) is 12.1 Å². The number of pyridine rings is 1. The molecule has 1 N–H and O–H groups in total. The van der Waals surface area contributed by atoms with E-state index in [0.29, 0.717) is 0 Å². The van der Waals surface area contributed by atoms with Crippen LogP contribution in [0.15, 0.2) is 12.1 Å². The molecule has 0 spiro atoms. The van der Waals surface area contributed by atoms with Gasteiger partial charge < -0.3 is 19.7 Å². The smallest absolute Gasteiger partial charge is 0.200 e. The van der Waals surface area contributed by atoms with Gasteiger partial charge >= 0.3 is 0 Å². The average Bonchev–Trinajstić information content (AvgIpc) is 2.31. The van der Waals surface area contributed by atoms with Crippen LogP contribution in [-0.4, -0.2) is 39.3 Å². The van der Waals surface area contributed by atoms with Gasteiger partial charge in [-0.25, -0.2) is 4.98 Å². The summed E-state index contributed by atoms with van der Waals surface area (Å²) in [7, 11) is 5.27. The number of anilines is 2. The lowest BCUT2D eigenvalue weighted by atomic mass is 10.2. The Morgan fingerprint density at radius 3 is 2.81 bits per heavy atom. The van der Waals surface area contributed by atoms with Crippen molar-refractivity contribution >= 4 is 11.5 Å². The monoisotopic (exact) mass is 223 g/mol. The summed E-state index contributed by atoms with van der Waals surface area (Å²) in [5, 5.41) is 3.27. The van der Waals surface area contributed by atoms with Crippen molar-refractivity contribution < 1.29 is 9.47 Å². The summed E-state index contributed by atoms with van der Waals surface area (Å²) in [6.07, 6.45) is -0.403. The fraction of sp³-hybridized carbons (Fsp3) is 0.545. The number of rotatable bonds is 3. The maximum atomic E-state index is 5.18. The standard InChI is InChI=1S/C11H17N3O2/c1-14-7-6-12-10-9(14)5-4-8(13-10)11(15-2)16-3/h4-5,11H,6-7H2,1-3H3,(H,12,13). The lowest BCUT2D eigenvalue weighted by molar-refractivity contribution is -0.108. The van der Waals surface area contributed by atoms with Gasteiger partial charge in [0.2, 0.25) is 6.29 Å². The molecule has 5 nitrogen and oxygen atoms in total. The zero-order chi connectivity index (χ0) is 11.5. The summed E-state index contributed by atoms with van der Waals surface area (Å²) in [5.74, 6) is 0.894. The first-order chi connectivity index (χ1) is 7.76. The van der Waals surface area contributed by atoms with Gasteiger partial charge in [-0.3, -0.25) is 0 Å². The second-order valence-electron chi connectivity index (χ2n) is 3.76. The number of hydrogen-bond donors (Lipinski definition) is 1. The molecule has 0 atom stereocenters. The van der Waals surface area contributed by atoms with E-state index in [4.69, 9.17) is 9.47 Å². The Labute approximate surface area is 95.4 Å². The molecule has 0 bridgehead atoms. The van der Waals surface area contributed by atoms with Gasteiger partial charge in [0.05, 0.1) is 11.4 Å². The Balaban J connectivity index is 2.31. The highest BCUT2D eigenvalue weighted by Crippen LogP contribution is 2.28. The van der Waals surface area contributed by atoms with Crippen LogP contribution in [0.5, 0.6) is 0 Å². The van der Waals surface area contributed by atoms with Crippen molar-refractivity contribution in [3.63, 3.8) is 0 Å². The molecule has 0 saturated heterocycles. The van der Waals surface area contributed by atoms with Crippen molar-refractivity contribution in [3.8, 4) is 0 Å². The number of methoxy groups -OCH3 is 2. The van der Waals surface area contributed by atoms with E-state index in [1.54, 1.807) is 14.2 Å². The Morgan fingerprint density at radius 1 is 1.38 bits per heavy atom. The third-order valence-electron chi connectivity index (χ3n) is 2.72. The number of ether oxygens (including phenoxy) is 2. The van der Waals surface area contributed by atoms with Gasteiger partial charge in [0, 0.05) is 34.4 Å². The molecule has 0 saturated carbocycles. The van der Waals surface area contributed by atoms with E-state index in [9.17, 15) is 0 Å². The Bertz CT molecular complexity index is 366. The molecule has 0 fully saturated rings. The maximum Gasteiger partial charge on any atom is 0.200 e. The largest absolute Gasteiger partial charge is 0.370 e. The summed E-state index contributed by atoms with van der Waals surface area (Å²) in [6.45, 7) is 1.90. The van der Waals surface area contributed by atoms with Gasteiger partial charge in [0.15, 0.2) is 0 Å². The Morgan fingerprint density at radius 2 is 2.12 bits per heavy atom. The molecule has 1 aromatic rings. The van der Waals surface area contributed by atoms with Crippen LogP contribution in [0, 0.1) is 0 Å². The average molecular weight is 223 g/mol. The molecule has 88 valence electrons. The quantitative estimate of drug-likeness (QED) is 0.781. The van der Waals surface area contributed by atoms with E-state index in [0.717, 1.165) is 30.3 Å². The molecule has 1 aromatic heterocycles. The zero-order valence-corrected chi connectivity index (χ0v) is 9.86. The number of nitrogens with zero attached hydrogens (tertiary/aromatic N) is 2. The lowest BCUT2D eigenvalue weighted by Gasteiger charge is -2.28. The molecule has 2 rings (SSSR count). The normalized spacial score (nSPS) is 14.9. The van der Waals surface area contributed by atoms with Crippen LogP contribution in [0.4, 0.5) is 11.5 Å². The number of nitrogens with one attached hydrogen (secondary N) is 1. The first-order valence-electron chi connectivity index (χ1n) is 5.28. The van der Waals surface area contributed by atoms with E-state index in [-0.39, 0.29) is 0 Å². The second-order valence-corrected chi connectivity index (χ2v) is 3.76. The fourth-order valence-electron chi connectivity index (χ4n) is 1.84. The van der Waals surface area contributed by atoms with Crippen molar-refractivity contribution in [2.45, 2.75) is 6.29 Å². The highest BCUT2D eigenvalue weighted by molar-refractivity contribution is 5.67. The van der Waals surface area contributed by atoms with Crippen LogP contribution >= 0.6 is 0 Å². The highest BCUT2D eigenvalue weighted by Gasteiger charge is 2.18. The van der Waals surface area contributed by atoms with Crippen molar-refractivity contribution in [2.24, 2.45) is 0 Å². The molecule has 5 heteroatoms. The minimum absolute atomic E-state index is 0.403. The third kappa shape index (κ3) is 1.96. The molecule has 0 radical (unpaired) electrons. The number of aromatic nitrogens is 1. The van der Waals surface area contributed by atoms with Gasteiger partial charge in [0.1, 0.15) is 5.82 Å². The van der Waals surface area contributed by atoms with E-state index in [2.05, 4.69) is 22.2 Å². The van der Waals surface area contributed by atoms with Crippen LogP contribution in [0.25, 0.3) is 0 Å². The van der Waals surface area contributed by atoms with E-state index < -0.39 is 6.29 Å². The molecule has 2 heterocycles. The zero-order valence-electron chi connectivity index (χ0n) is 9.86. The molecule has 1 aliphatic heterocycles. The molecular formula is C11H17N3O2. The third-order valence-corrected chi connectivity index (χ3v) is 2.72. The SMILES string of the molecule is COC(OC)c1ccc2c(n1)NCCN2C. The van der Waals surface area contributed by atoms with Crippen LogP contribution in [0.2, 0.25) is 0 Å². The topological polar surface area (TPSA) is 46.6 Å². The van der Waals surface area contributed by atoms with Gasteiger partial charge in [0.25, 0.3) is 0 Å². The van der Waals surface area contributed by atoms with Gasteiger partial charge in [-0.1, -0.05) is 0 Å². The predicted octanol–water partition coefficient (Wildman–Crippen LogP) is 1.23. The summed E-state index contributed by atoms with van der Waals surface area (Å²) < 4.78 is 10.4. The summed E-state index contributed by atoms with van der Waals surface area (Å²) in [4.78, 5) is 6.68. The minimum atomic E-state index is -0.403. The van der Waals surface area contributed by atoms with Crippen molar-refractivity contribution in [1.29, 1.82) is 0 Å². The Hall–Kier alpha value is -1.33. The van der Waals surface area contributed by atoms with Crippen molar-refractivity contribution in [2.75, 3.05) is 44.6 Å². The Kier molecular flexibility index (Phi) is 3.26. The van der Waals surface area contributed by atoms with Crippen LogP contribution < -0.4 is 10.2 Å². The van der Waals surface area contributed by atoms with E-state index in [1.807, 2.05) is 12.1 Å². The van der Waals surface area contributed by atoms with Crippen LogP contribution in [0.3, 0.4) is 0 Å². The van der Waals surface area contributed by atoms with Gasteiger partial charge in [-0.15, -0.1) is 0 Å². The molecule has 0 aliphatic carbocycles. The molecule has 0 amide bonds. The van der Waals surface area contributed by atoms with Crippen LogP contribution in [-0.2, 0) is 9.47 Å². The second kappa shape index (κ2) is 4.67. The minimum Gasteiger partial charge on any atom is -0.370 e. The summed E-state index contributed by atoms with van der Waals surface area (Å²) in [5.41, 5.74) is 1.90. The predicted molar refractivity (Wildman–Crippen MR) is 62.8 cm³/mol. The van der Waals surface area contributed by atoms with Crippen molar-refractivity contribution in [3.05, 3.63) is 17.8 Å². The molecule has 0 unspecified atom stereocenters. The van der Waals surface area contributed by atoms with E-state index >= 15 is 0 Å². The lowest BCUT2D eigenvalue weighted by Crippen LogP contribution is -2.31. The molecule has 16 heavy (non-hydrogen) atoms. The van der Waals surface area contributed by atoms with Crippen LogP contribution in [0.1, 0.15) is 12.0 Å². The summed E-state index contributed by atoms with van der Waals surface area (Å²) >= 11 is 0. The van der Waals surface area contributed by atoms with E-state index in [1.165, 1.54) is 0 Å². The first kappa shape index (κ1) is 11.2. The highest BCUT2D eigenvalue weighted by atomic mass is 16.7. The molecule has 0 aromatic carbocycles. The molecule has 1 aliphatic rings.